The zero-order valence-electron chi connectivity index (χ0n) is 5.44. The van der Waals surface area contributed by atoms with Gasteiger partial charge in [-0.3, -0.25) is 0 Å². The van der Waals surface area contributed by atoms with E-state index in [1.807, 2.05) is 17.5 Å². The van der Waals surface area contributed by atoms with Crippen molar-refractivity contribution in [1.29, 1.82) is 0 Å². The Labute approximate surface area is 76.6 Å². The fourth-order valence-corrected chi connectivity index (χ4v) is 2.67. The number of rotatable bonds is 0. The maximum Gasteiger partial charge on any atom is 0.101 e. The fourth-order valence-electron chi connectivity index (χ4n) is 1.01. The minimum Gasteiger partial charge on any atom is -0.352 e. The zero-order chi connectivity index (χ0) is 7.14. The molecule has 1 nitrogen and oxygen atoms in total. The van der Waals surface area contributed by atoms with Gasteiger partial charge in [0.25, 0.3) is 0 Å². The molecule has 3 heteroatoms. The highest BCUT2D eigenvalue weighted by molar-refractivity contribution is 14.1. The fraction of sp³-hybridized carbons (Fsp3) is 0.143. The molecule has 52 valence electrons. The quantitative estimate of drug-likeness (QED) is 0.703. The predicted octanol–water partition coefficient (Wildman–Crippen LogP) is 3.14. The molecule has 0 spiro atoms. The number of H-pyrrole nitrogens is 1. The van der Waals surface area contributed by atoms with Gasteiger partial charge in [-0.2, -0.15) is 0 Å². The van der Waals surface area contributed by atoms with Gasteiger partial charge in [0.2, 0.25) is 0 Å². The highest BCUT2D eigenvalue weighted by Crippen LogP contribution is 2.27. The molecule has 0 aliphatic carbocycles. The van der Waals surface area contributed by atoms with Crippen LogP contribution in [0.2, 0.25) is 0 Å². The third-order valence-corrected chi connectivity index (χ3v) is 3.32. The Hall–Kier alpha value is -0.0300. The molecule has 0 aromatic carbocycles. The molecule has 0 unspecified atom stereocenters. The molecule has 10 heavy (non-hydrogen) atoms. The number of thiophene rings is 1. The van der Waals surface area contributed by atoms with E-state index in [4.69, 9.17) is 0 Å². The minimum atomic E-state index is 1.29. The number of hydrogen-bond acceptors (Lipinski definition) is 1. The summed E-state index contributed by atoms with van der Waals surface area (Å²) < 4.78 is 1.32. The van der Waals surface area contributed by atoms with E-state index in [9.17, 15) is 0 Å². The average Bonchev–Trinajstić information content (AvgIpc) is 2.35. The second-order valence-electron chi connectivity index (χ2n) is 2.24. The zero-order valence-corrected chi connectivity index (χ0v) is 8.41. The molecule has 2 rings (SSSR count). The lowest BCUT2D eigenvalue weighted by Crippen LogP contribution is -1.57. The molecule has 0 amide bonds. The molecule has 0 bridgehead atoms. The van der Waals surface area contributed by atoms with Crippen LogP contribution in [0.4, 0.5) is 0 Å². The predicted molar refractivity (Wildman–Crippen MR) is 53.6 cm³/mol. The summed E-state index contributed by atoms with van der Waals surface area (Å²) in [4.78, 5) is 5.89. The third-order valence-electron chi connectivity index (χ3n) is 1.44. The Kier molecular flexibility index (Phi) is 1.49. The van der Waals surface area contributed by atoms with Crippen LogP contribution < -0.4 is 0 Å². The second kappa shape index (κ2) is 2.23. The van der Waals surface area contributed by atoms with Crippen LogP contribution in [0, 0.1) is 10.5 Å². The molecule has 2 aromatic rings. The van der Waals surface area contributed by atoms with Gasteiger partial charge >= 0.3 is 0 Å². The lowest BCUT2D eigenvalue weighted by Gasteiger charge is -1.75. The van der Waals surface area contributed by atoms with Crippen LogP contribution in [0.25, 0.3) is 10.2 Å². The Morgan fingerprint density at radius 3 is 3.10 bits per heavy atom. The lowest BCUT2D eigenvalue weighted by atomic mass is 10.4. The van der Waals surface area contributed by atoms with Crippen molar-refractivity contribution in [2.75, 3.05) is 0 Å². The summed E-state index contributed by atoms with van der Waals surface area (Å²) in [6.07, 6.45) is 2.04. The van der Waals surface area contributed by atoms with E-state index >= 15 is 0 Å². The van der Waals surface area contributed by atoms with Crippen LogP contribution in [0.5, 0.6) is 0 Å². The summed E-state index contributed by atoms with van der Waals surface area (Å²) >= 11 is 4.15. The van der Waals surface area contributed by atoms with Crippen molar-refractivity contribution in [2.24, 2.45) is 0 Å². The first-order valence-electron chi connectivity index (χ1n) is 3.00. The minimum absolute atomic E-state index is 1.29. The van der Waals surface area contributed by atoms with E-state index in [-0.39, 0.29) is 0 Å². The number of aromatic amines is 1. The van der Waals surface area contributed by atoms with Crippen LogP contribution in [-0.2, 0) is 0 Å². The van der Waals surface area contributed by atoms with Gasteiger partial charge in [0.05, 0.1) is 0 Å². The summed E-state index contributed by atoms with van der Waals surface area (Å²) in [6, 6.07) is 2.22. The Bertz CT molecular complexity index is 360. The largest absolute Gasteiger partial charge is 0.352 e. The van der Waals surface area contributed by atoms with Crippen molar-refractivity contribution in [3.05, 3.63) is 20.7 Å². The van der Waals surface area contributed by atoms with Gasteiger partial charge in [-0.1, -0.05) is 0 Å². The Balaban J connectivity index is 2.90. The number of hydrogen-bond donors (Lipinski definition) is 1. The van der Waals surface area contributed by atoms with Crippen molar-refractivity contribution in [3.63, 3.8) is 0 Å². The summed E-state index contributed by atoms with van der Waals surface area (Å²) in [5.41, 5.74) is 0. The van der Waals surface area contributed by atoms with Crippen LogP contribution >= 0.6 is 33.9 Å². The third kappa shape index (κ3) is 0.880. The maximum absolute atomic E-state index is 3.22. The number of aryl methyl sites for hydroxylation is 1. The average molecular weight is 263 g/mol. The van der Waals surface area contributed by atoms with Gasteiger partial charge in [0, 0.05) is 20.0 Å². The Morgan fingerprint density at radius 2 is 2.40 bits per heavy atom. The molecule has 2 heterocycles. The number of fused-ring (bicyclic) bond motifs is 1. The smallest absolute Gasteiger partial charge is 0.101 e. The first-order chi connectivity index (χ1) is 4.77. The van der Waals surface area contributed by atoms with Crippen LogP contribution in [0.3, 0.4) is 0 Å². The molecule has 0 atom stereocenters. The molecule has 0 saturated carbocycles. The molecule has 2 aromatic heterocycles. The van der Waals surface area contributed by atoms with Gasteiger partial charge < -0.3 is 4.98 Å². The summed E-state index contributed by atoms with van der Waals surface area (Å²) in [5.74, 6) is 0. The van der Waals surface area contributed by atoms with Crippen molar-refractivity contribution < 1.29 is 0 Å². The molecule has 1 N–H and O–H groups in total. The van der Waals surface area contributed by atoms with E-state index in [0.29, 0.717) is 0 Å². The molecule has 0 aliphatic heterocycles. The van der Waals surface area contributed by atoms with E-state index < -0.39 is 0 Å². The van der Waals surface area contributed by atoms with Gasteiger partial charge in [-0.15, -0.1) is 11.3 Å². The normalized spacial score (nSPS) is 11.0. The summed E-state index contributed by atoms with van der Waals surface area (Å²) in [7, 11) is 0. The molecule has 0 radical (unpaired) electrons. The van der Waals surface area contributed by atoms with Crippen molar-refractivity contribution in [1.82, 2.24) is 4.98 Å². The topological polar surface area (TPSA) is 15.8 Å². The van der Waals surface area contributed by atoms with E-state index in [1.54, 1.807) is 0 Å². The van der Waals surface area contributed by atoms with Crippen LogP contribution in [0.15, 0.2) is 12.3 Å². The van der Waals surface area contributed by atoms with Gasteiger partial charge in [0.15, 0.2) is 0 Å². The maximum atomic E-state index is 3.22. The highest BCUT2D eigenvalue weighted by atomic mass is 127. The molecule has 0 saturated heterocycles. The van der Waals surface area contributed by atoms with E-state index in [2.05, 4.69) is 40.6 Å². The highest BCUT2D eigenvalue weighted by Gasteiger charge is 2.02. The number of halogens is 1. The van der Waals surface area contributed by atoms with Crippen LogP contribution in [0.1, 0.15) is 4.88 Å². The van der Waals surface area contributed by atoms with E-state index in [1.165, 1.54) is 18.7 Å². The van der Waals surface area contributed by atoms with E-state index in [0.717, 1.165) is 0 Å². The molecular weight excluding hydrogens is 257 g/mol. The van der Waals surface area contributed by atoms with Crippen molar-refractivity contribution in [2.45, 2.75) is 6.92 Å². The second-order valence-corrected chi connectivity index (χ2v) is 4.65. The standard InChI is InChI=1S/C7H6INS/c1-4-2-5-6(8)3-9-7(5)10-4/h2-3,9H,1H3. The molecule has 0 aliphatic rings. The number of nitrogens with one attached hydrogen (secondary N) is 1. The van der Waals surface area contributed by atoms with Gasteiger partial charge in [-0.05, 0) is 35.6 Å². The first-order valence-corrected chi connectivity index (χ1v) is 4.90. The SMILES string of the molecule is Cc1cc2c(I)c[nH]c2s1. The van der Waals surface area contributed by atoms with Gasteiger partial charge in [-0.25, -0.2) is 0 Å². The summed E-state index contributed by atoms with van der Waals surface area (Å²) in [6.45, 7) is 2.13. The number of aromatic nitrogens is 1. The van der Waals surface area contributed by atoms with Gasteiger partial charge in [0.1, 0.15) is 4.83 Å². The summed E-state index contributed by atoms with van der Waals surface area (Å²) in [5, 5.41) is 1.36. The molecule has 0 fully saturated rings. The first kappa shape index (κ1) is 6.67. The monoisotopic (exact) mass is 263 g/mol. The van der Waals surface area contributed by atoms with Crippen molar-refractivity contribution in [3.8, 4) is 0 Å². The lowest BCUT2D eigenvalue weighted by molar-refractivity contribution is 1.49. The van der Waals surface area contributed by atoms with Crippen molar-refractivity contribution >= 4 is 44.1 Å². The molecular formula is C7H6INS. The van der Waals surface area contributed by atoms with Crippen LogP contribution in [-0.4, -0.2) is 4.98 Å². The Morgan fingerprint density at radius 1 is 1.60 bits per heavy atom.